The number of halogens is 2. The molecule has 0 aliphatic carbocycles. The normalized spacial score (nSPS) is 13.1. The third-order valence-corrected chi connectivity index (χ3v) is 7.59. The molecule has 0 spiro atoms. The first-order valence-electron chi connectivity index (χ1n) is 13.9. The molecule has 5 aromatic rings. The molecule has 0 fully saturated rings. The Hall–Kier alpha value is -4.34. The monoisotopic (exact) mass is 571 g/mol. The number of nitrogens with zero attached hydrogens (tertiary/aromatic N) is 2. The first-order valence-corrected chi connectivity index (χ1v) is 13.9. The summed E-state index contributed by atoms with van der Waals surface area (Å²) < 4.78 is 45.1. The number of carbonyl (C=O) groups excluding carboxylic acids is 1. The van der Waals surface area contributed by atoms with Gasteiger partial charge in [-0.15, -0.1) is 0 Å². The van der Waals surface area contributed by atoms with Crippen LogP contribution in [0.4, 0.5) is 8.78 Å². The highest BCUT2D eigenvalue weighted by Gasteiger charge is 2.27. The first kappa shape index (κ1) is 27.8. The van der Waals surface area contributed by atoms with Gasteiger partial charge in [-0.25, -0.2) is 8.78 Å². The highest BCUT2D eigenvalue weighted by atomic mass is 19.1. The van der Waals surface area contributed by atoms with Gasteiger partial charge in [0.1, 0.15) is 12.4 Å². The van der Waals surface area contributed by atoms with Crippen molar-refractivity contribution in [2.75, 3.05) is 33.5 Å². The minimum atomic E-state index is -0.454. The lowest BCUT2D eigenvalue weighted by Gasteiger charge is -2.29. The number of fused-ring (bicyclic) bond motifs is 5. The number of carbonyl (C=O) groups is 1. The van der Waals surface area contributed by atoms with Crippen LogP contribution in [0, 0.1) is 11.6 Å². The largest absolute Gasteiger partial charge is 0.494 e. The summed E-state index contributed by atoms with van der Waals surface area (Å²) in [5.41, 5.74) is 5.84. The Morgan fingerprint density at radius 3 is 2.64 bits per heavy atom. The number of ether oxygens (including phenoxy) is 3. The van der Waals surface area contributed by atoms with Crippen LogP contribution >= 0.6 is 0 Å². The van der Waals surface area contributed by atoms with Gasteiger partial charge < -0.3 is 24.1 Å². The number of aromatic amines is 1. The standard InChI is InChI=1S/C33H31F2N3O4/c1-40-30-10-7-22(15-26(30)35)16-28-33-32(25-17-23(34)8-9-27(25)37-33)24-11-12-38(18-29(24)36-28)31(39)20-42-14-13-41-19-21-5-3-2-4-6-21/h2-10,15,17,37H,11-14,16,18-20H2,1H3. The lowest BCUT2D eigenvalue weighted by atomic mass is 9.96. The lowest BCUT2D eigenvalue weighted by molar-refractivity contribution is -0.137. The predicted octanol–water partition coefficient (Wildman–Crippen LogP) is 5.71. The maximum Gasteiger partial charge on any atom is 0.248 e. The fourth-order valence-electron chi connectivity index (χ4n) is 5.52. The van der Waals surface area contributed by atoms with Crippen molar-refractivity contribution in [2.24, 2.45) is 0 Å². The van der Waals surface area contributed by atoms with Crippen LogP contribution < -0.4 is 4.74 Å². The summed E-state index contributed by atoms with van der Waals surface area (Å²) in [7, 11) is 1.42. The van der Waals surface area contributed by atoms with Gasteiger partial charge in [-0.05, 0) is 53.4 Å². The fourth-order valence-corrected chi connectivity index (χ4v) is 5.52. The van der Waals surface area contributed by atoms with Crippen LogP contribution in [0.1, 0.15) is 28.1 Å². The molecule has 1 aliphatic heterocycles. The highest BCUT2D eigenvalue weighted by molar-refractivity contribution is 6.10. The third-order valence-electron chi connectivity index (χ3n) is 7.59. The Kier molecular flexibility index (Phi) is 8.12. The van der Waals surface area contributed by atoms with Crippen molar-refractivity contribution in [1.82, 2.24) is 14.9 Å². The minimum Gasteiger partial charge on any atom is -0.494 e. The van der Waals surface area contributed by atoms with Crippen LogP contribution in [0.15, 0.2) is 66.7 Å². The number of pyridine rings is 1. The van der Waals surface area contributed by atoms with Crippen molar-refractivity contribution in [3.8, 4) is 5.75 Å². The Labute approximate surface area is 242 Å². The van der Waals surface area contributed by atoms with E-state index in [-0.39, 0.29) is 24.1 Å². The zero-order chi connectivity index (χ0) is 29.1. The van der Waals surface area contributed by atoms with Gasteiger partial charge in [0.25, 0.3) is 0 Å². The Morgan fingerprint density at radius 1 is 1.00 bits per heavy atom. The van der Waals surface area contributed by atoms with E-state index in [4.69, 9.17) is 19.2 Å². The zero-order valence-electron chi connectivity index (χ0n) is 23.3. The average molecular weight is 572 g/mol. The number of hydrogen-bond donors (Lipinski definition) is 1. The van der Waals surface area contributed by atoms with Gasteiger partial charge in [-0.3, -0.25) is 9.78 Å². The number of H-pyrrole nitrogens is 1. The van der Waals surface area contributed by atoms with Gasteiger partial charge in [0.15, 0.2) is 11.6 Å². The number of nitrogens with one attached hydrogen (secondary N) is 1. The fraction of sp³-hybridized carbons (Fsp3) is 0.273. The molecule has 216 valence electrons. The van der Waals surface area contributed by atoms with Crippen LogP contribution in [-0.2, 0) is 40.3 Å². The molecular weight excluding hydrogens is 540 g/mol. The molecule has 3 aromatic carbocycles. The molecule has 1 amide bonds. The van der Waals surface area contributed by atoms with Crippen molar-refractivity contribution < 1.29 is 27.8 Å². The molecule has 1 N–H and O–H groups in total. The van der Waals surface area contributed by atoms with Gasteiger partial charge in [0.2, 0.25) is 5.91 Å². The second-order valence-corrected chi connectivity index (χ2v) is 10.4. The smallest absolute Gasteiger partial charge is 0.248 e. The van der Waals surface area contributed by atoms with E-state index in [0.29, 0.717) is 51.4 Å². The van der Waals surface area contributed by atoms with E-state index in [1.54, 1.807) is 23.1 Å². The summed E-state index contributed by atoms with van der Waals surface area (Å²) in [5.74, 6) is -0.743. The van der Waals surface area contributed by atoms with Gasteiger partial charge in [-0.1, -0.05) is 36.4 Å². The molecule has 42 heavy (non-hydrogen) atoms. The van der Waals surface area contributed by atoms with Crippen LogP contribution in [0.5, 0.6) is 5.75 Å². The van der Waals surface area contributed by atoms with Gasteiger partial charge in [0, 0.05) is 29.3 Å². The van der Waals surface area contributed by atoms with Crippen molar-refractivity contribution in [1.29, 1.82) is 0 Å². The molecule has 0 atom stereocenters. The average Bonchev–Trinajstić information content (AvgIpc) is 3.38. The summed E-state index contributed by atoms with van der Waals surface area (Å²) in [4.78, 5) is 23.1. The summed E-state index contributed by atoms with van der Waals surface area (Å²) in [6.07, 6.45) is 0.922. The van der Waals surface area contributed by atoms with Gasteiger partial charge in [0.05, 0.1) is 50.4 Å². The number of aromatic nitrogens is 2. The van der Waals surface area contributed by atoms with E-state index in [1.807, 2.05) is 30.3 Å². The van der Waals surface area contributed by atoms with E-state index in [2.05, 4.69) is 4.98 Å². The van der Waals surface area contributed by atoms with E-state index >= 15 is 0 Å². The number of benzene rings is 3. The minimum absolute atomic E-state index is 0.0530. The van der Waals surface area contributed by atoms with Crippen molar-refractivity contribution >= 4 is 27.7 Å². The van der Waals surface area contributed by atoms with E-state index in [9.17, 15) is 13.6 Å². The third kappa shape index (κ3) is 5.84. The molecule has 0 bridgehead atoms. The molecule has 0 saturated carbocycles. The molecular formula is C33H31F2N3O4. The predicted molar refractivity (Wildman–Crippen MR) is 155 cm³/mol. The molecule has 0 saturated heterocycles. The van der Waals surface area contributed by atoms with Crippen molar-refractivity contribution in [3.63, 3.8) is 0 Å². The van der Waals surface area contributed by atoms with E-state index in [1.165, 1.54) is 25.3 Å². The van der Waals surface area contributed by atoms with Crippen LogP contribution in [0.3, 0.4) is 0 Å². The maximum atomic E-state index is 14.5. The van der Waals surface area contributed by atoms with Crippen LogP contribution in [-0.4, -0.2) is 54.3 Å². The SMILES string of the molecule is COc1ccc(Cc2nc3c(c4c2[nH]c2ccc(F)cc24)CCN(C(=O)COCCOCc2ccccc2)C3)cc1F. The summed E-state index contributed by atoms with van der Waals surface area (Å²) in [5, 5.41) is 1.67. The molecule has 3 heterocycles. The van der Waals surface area contributed by atoms with Gasteiger partial charge in [-0.2, -0.15) is 0 Å². The van der Waals surface area contributed by atoms with E-state index < -0.39 is 5.82 Å². The summed E-state index contributed by atoms with van der Waals surface area (Å²) in [6, 6.07) is 19.4. The highest BCUT2D eigenvalue weighted by Crippen LogP contribution is 2.35. The molecule has 0 unspecified atom stereocenters. The number of hydrogen-bond acceptors (Lipinski definition) is 5. The maximum absolute atomic E-state index is 14.5. The van der Waals surface area contributed by atoms with Gasteiger partial charge >= 0.3 is 0 Å². The number of methoxy groups -OCH3 is 1. The first-order chi connectivity index (χ1) is 20.5. The second-order valence-electron chi connectivity index (χ2n) is 10.4. The number of amides is 1. The van der Waals surface area contributed by atoms with Crippen molar-refractivity contribution in [3.05, 3.63) is 106 Å². The van der Waals surface area contributed by atoms with Crippen LogP contribution in [0.25, 0.3) is 21.8 Å². The molecule has 7 nitrogen and oxygen atoms in total. The molecule has 1 aliphatic rings. The van der Waals surface area contributed by atoms with Crippen LogP contribution in [0.2, 0.25) is 0 Å². The topological polar surface area (TPSA) is 76.7 Å². The second kappa shape index (κ2) is 12.3. The Bertz CT molecular complexity index is 1740. The number of rotatable bonds is 10. The van der Waals surface area contributed by atoms with Crippen molar-refractivity contribution in [2.45, 2.75) is 26.0 Å². The zero-order valence-corrected chi connectivity index (χ0v) is 23.3. The lowest BCUT2D eigenvalue weighted by Crippen LogP contribution is -2.39. The summed E-state index contributed by atoms with van der Waals surface area (Å²) >= 11 is 0. The Morgan fingerprint density at radius 2 is 1.83 bits per heavy atom. The van der Waals surface area contributed by atoms with E-state index in [0.717, 1.165) is 44.2 Å². The molecule has 0 radical (unpaired) electrons. The molecule has 6 rings (SSSR count). The Balaban J connectivity index is 1.20. The molecule has 9 heteroatoms. The molecule has 2 aromatic heterocycles. The quantitative estimate of drug-likeness (QED) is 0.217. The summed E-state index contributed by atoms with van der Waals surface area (Å²) in [6.45, 7) is 1.95.